The summed E-state index contributed by atoms with van der Waals surface area (Å²) >= 11 is 0. The first kappa shape index (κ1) is 13.8. The summed E-state index contributed by atoms with van der Waals surface area (Å²) in [5.74, 6) is 5.04. The molecular weight excluding hydrogens is 237 g/mol. The summed E-state index contributed by atoms with van der Waals surface area (Å²) in [6.45, 7) is 2.26. The number of amides is 1. The molecule has 0 bridgehead atoms. The highest BCUT2D eigenvalue weighted by Crippen LogP contribution is 2.14. The maximum Gasteiger partial charge on any atom is 0.407 e. The third kappa shape index (κ3) is 5.21. The molecule has 96 valence electrons. The van der Waals surface area contributed by atoms with Crippen LogP contribution in [0, 0.1) is 17.7 Å². The number of para-hydroxylation sites is 1. The van der Waals surface area contributed by atoms with Crippen molar-refractivity contribution in [1.82, 2.24) is 5.32 Å². The number of hydrogen-bond acceptors (Lipinski definition) is 3. The molecule has 0 saturated carbocycles. The van der Waals surface area contributed by atoms with Gasteiger partial charge < -0.3 is 14.8 Å². The van der Waals surface area contributed by atoms with Crippen molar-refractivity contribution >= 4 is 6.09 Å². The second-order valence-corrected chi connectivity index (χ2v) is 3.15. The van der Waals surface area contributed by atoms with Crippen LogP contribution in [0.25, 0.3) is 0 Å². The van der Waals surface area contributed by atoms with Crippen LogP contribution in [0.4, 0.5) is 9.18 Å². The smallest absolute Gasteiger partial charge is 0.407 e. The van der Waals surface area contributed by atoms with Gasteiger partial charge >= 0.3 is 6.09 Å². The first-order valence-electron chi connectivity index (χ1n) is 5.47. The largest absolute Gasteiger partial charge is 0.478 e. The maximum absolute atomic E-state index is 13.1. The van der Waals surface area contributed by atoms with Gasteiger partial charge in [0.2, 0.25) is 0 Å². The summed E-state index contributed by atoms with van der Waals surface area (Å²) in [5, 5.41) is 2.43. The Bertz CT molecular complexity index is 451. The van der Waals surface area contributed by atoms with Gasteiger partial charge in [0, 0.05) is 0 Å². The zero-order valence-electron chi connectivity index (χ0n) is 10.0. The minimum atomic E-state index is -0.512. The Morgan fingerprint density at radius 2 is 2.17 bits per heavy atom. The van der Waals surface area contributed by atoms with Crippen molar-refractivity contribution in [2.45, 2.75) is 6.92 Å². The van der Waals surface area contributed by atoms with Gasteiger partial charge in [0.25, 0.3) is 0 Å². The van der Waals surface area contributed by atoms with Gasteiger partial charge in [-0.25, -0.2) is 9.18 Å². The predicted molar refractivity (Wildman–Crippen MR) is 64.7 cm³/mol. The highest BCUT2D eigenvalue weighted by atomic mass is 19.1. The minimum Gasteiger partial charge on any atom is -0.478 e. The van der Waals surface area contributed by atoms with Gasteiger partial charge in [0.15, 0.2) is 11.6 Å². The summed E-state index contributed by atoms with van der Waals surface area (Å²) in [4.78, 5) is 10.9. The minimum absolute atomic E-state index is 0.0610. The van der Waals surface area contributed by atoms with Crippen LogP contribution in [0.1, 0.15) is 6.92 Å². The van der Waals surface area contributed by atoms with Crippen LogP contribution in [0.3, 0.4) is 0 Å². The molecule has 0 aromatic heterocycles. The third-order valence-corrected chi connectivity index (χ3v) is 1.86. The predicted octanol–water partition coefficient (Wildman–Crippen LogP) is 1.95. The van der Waals surface area contributed by atoms with E-state index in [0.29, 0.717) is 6.61 Å². The highest BCUT2D eigenvalue weighted by Gasteiger charge is 1.99. The van der Waals surface area contributed by atoms with Crippen molar-refractivity contribution in [2.75, 3.05) is 19.8 Å². The number of hydrogen-bond donors (Lipinski definition) is 1. The lowest BCUT2D eigenvalue weighted by atomic mass is 10.3. The van der Waals surface area contributed by atoms with Crippen molar-refractivity contribution in [3.8, 4) is 17.6 Å². The Kier molecular flexibility index (Phi) is 6.12. The second kappa shape index (κ2) is 7.96. The van der Waals surface area contributed by atoms with Crippen molar-refractivity contribution in [2.24, 2.45) is 0 Å². The molecule has 18 heavy (non-hydrogen) atoms. The first-order valence-corrected chi connectivity index (χ1v) is 5.47. The molecule has 0 atom stereocenters. The van der Waals surface area contributed by atoms with Gasteiger partial charge in [-0.15, -0.1) is 0 Å². The zero-order valence-corrected chi connectivity index (χ0v) is 10.0. The Morgan fingerprint density at radius 1 is 1.39 bits per heavy atom. The SMILES string of the molecule is CCOC(=O)NCC#CCOc1ccccc1F. The average molecular weight is 251 g/mol. The fourth-order valence-electron chi connectivity index (χ4n) is 1.09. The van der Waals surface area contributed by atoms with E-state index in [-0.39, 0.29) is 18.9 Å². The first-order chi connectivity index (χ1) is 8.74. The van der Waals surface area contributed by atoms with Crippen LogP contribution < -0.4 is 10.1 Å². The molecule has 0 radical (unpaired) electrons. The lowest BCUT2D eigenvalue weighted by molar-refractivity contribution is 0.153. The monoisotopic (exact) mass is 251 g/mol. The van der Waals surface area contributed by atoms with E-state index < -0.39 is 11.9 Å². The molecule has 1 amide bonds. The van der Waals surface area contributed by atoms with E-state index in [1.54, 1.807) is 19.1 Å². The van der Waals surface area contributed by atoms with Gasteiger partial charge in [0.05, 0.1) is 13.2 Å². The fourth-order valence-corrected chi connectivity index (χ4v) is 1.09. The Labute approximate surface area is 105 Å². The lowest BCUT2D eigenvalue weighted by Crippen LogP contribution is -2.24. The molecule has 0 fully saturated rings. The zero-order chi connectivity index (χ0) is 13.2. The lowest BCUT2D eigenvalue weighted by Gasteiger charge is -2.02. The van der Waals surface area contributed by atoms with E-state index in [2.05, 4.69) is 21.9 Å². The molecule has 1 aromatic rings. The van der Waals surface area contributed by atoms with Gasteiger partial charge in [-0.2, -0.15) is 0 Å². The molecule has 1 aromatic carbocycles. The van der Waals surface area contributed by atoms with E-state index in [9.17, 15) is 9.18 Å². The average Bonchev–Trinajstić information content (AvgIpc) is 2.36. The van der Waals surface area contributed by atoms with E-state index in [1.807, 2.05) is 0 Å². The number of carbonyl (C=O) groups is 1. The number of nitrogens with one attached hydrogen (secondary N) is 1. The number of carbonyl (C=O) groups excluding carboxylic acids is 1. The van der Waals surface area contributed by atoms with Crippen molar-refractivity contribution < 1.29 is 18.7 Å². The van der Waals surface area contributed by atoms with E-state index in [1.165, 1.54) is 12.1 Å². The van der Waals surface area contributed by atoms with Crippen molar-refractivity contribution in [1.29, 1.82) is 0 Å². The summed E-state index contributed by atoms with van der Waals surface area (Å²) in [6, 6.07) is 6.09. The number of rotatable bonds is 4. The summed E-state index contributed by atoms with van der Waals surface area (Å²) in [5.41, 5.74) is 0. The quantitative estimate of drug-likeness (QED) is 0.832. The Morgan fingerprint density at radius 3 is 2.89 bits per heavy atom. The van der Waals surface area contributed by atoms with E-state index >= 15 is 0 Å². The molecule has 0 saturated heterocycles. The third-order valence-electron chi connectivity index (χ3n) is 1.86. The number of alkyl carbamates (subject to hydrolysis) is 1. The normalized spacial score (nSPS) is 9.00. The topological polar surface area (TPSA) is 47.6 Å². The molecule has 0 spiro atoms. The van der Waals surface area contributed by atoms with Gasteiger partial charge in [0.1, 0.15) is 6.61 Å². The summed E-state index contributed by atoms with van der Waals surface area (Å²) in [6.07, 6.45) is -0.512. The highest BCUT2D eigenvalue weighted by molar-refractivity contribution is 5.67. The van der Waals surface area contributed by atoms with Crippen LogP contribution in [-0.4, -0.2) is 25.9 Å². The molecule has 0 aliphatic heterocycles. The molecule has 5 heteroatoms. The van der Waals surface area contributed by atoms with Crippen LogP contribution in [-0.2, 0) is 4.74 Å². The standard InChI is InChI=1S/C13H14FNO3/c1-2-17-13(16)15-9-5-6-10-18-12-8-4-3-7-11(12)14/h3-4,7-8H,2,9-10H2,1H3,(H,15,16). The molecule has 0 aliphatic rings. The van der Waals surface area contributed by atoms with Crippen LogP contribution in [0.5, 0.6) is 5.75 Å². The van der Waals surface area contributed by atoms with Crippen LogP contribution in [0.15, 0.2) is 24.3 Å². The van der Waals surface area contributed by atoms with Crippen molar-refractivity contribution in [3.05, 3.63) is 30.1 Å². The maximum atomic E-state index is 13.1. The number of halogens is 1. The van der Waals surface area contributed by atoms with Crippen LogP contribution in [0.2, 0.25) is 0 Å². The summed E-state index contributed by atoms with van der Waals surface area (Å²) < 4.78 is 22.8. The fraction of sp³-hybridized carbons (Fsp3) is 0.308. The molecule has 1 N–H and O–H groups in total. The van der Waals surface area contributed by atoms with Crippen molar-refractivity contribution in [3.63, 3.8) is 0 Å². The number of benzene rings is 1. The molecule has 0 aliphatic carbocycles. The number of ether oxygens (including phenoxy) is 2. The van der Waals surface area contributed by atoms with Gasteiger partial charge in [-0.3, -0.25) is 0 Å². The van der Waals surface area contributed by atoms with E-state index in [0.717, 1.165) is 0 Å². The molecule has 1 rings (SSSR count). The van der Waals surface area contributed by atoms with E-state index in [4.69, 9.17) is 4.74 Å². The second-order valence-electron chi connectivity index (χ2n) is 3.15. The van der Waals surface area contributed by atoms with Gasteiger partial charge in [-0.05, 0) is 19.1 Å². The molecule has 0 heterocycles. The molecular formula is C13H14FNO3. The van der Waals surface area contributed by atoms with Gasteiger partial charge in [-0.1, -0.05) is 24.0 Å². The Balaban J connectivity index is 2.22. The van der Waals surface area contributed by atoms with Crippen LogP contribution >= 0.6 is 0 Å². The Hall–Kier alpha value is -2.22. The summed E-state index contributed by atoms with van der Waals surface area (Å²) in [7, 11) is 0. The molecule has 4 nitrogen and oxygen atoms in total. The molecule has 0 unspecified atom stereocenters.